The van der Waals surface area contributed by atoms with Crippen LogP contribution in [0.1, 0.15) is 26.2 Å². The number of carbonyl (C=O) groups is 1. The van der Waals surface area contributed by atoms with Crippen molar-refractivity contribution < 1.29 is 9.90 Å². The van der Waals surface area contributed by atoms with Crippen LogP contribution in [0.3, 0.4) is 0 Å². The third-order valence-electron chi connectivity index (χ3n) is 3.31. The van der Waals surface area contributed by atoms with Gasteiger partial charge in [0.2, 0.25) is 0 Å². The quantitative estimate of drug-likeness (QED) is 0.799. The fourth-order valence-electron chi connectivity index (χ4n) is 2.05. The van der Waals surface area contributed by atoms with Gasteiger partial charge in [-0.15, -0.1) is 0 Å². The molecule has 1 atom stereocenters. The second kappa shape index (κ2) is 6.31. The molecule has 2 heterocycles. The molecule has 0 aliphatic rings. The molecule has 2 aromatic heterocycles. The van der Waals surface area contributed by atoms with Crippen LogP contribution in [0.25, 0.3) is 11.0 Å². The van der Waals surface area contributed by atoms with E-state index in [9.17, 15) is 4.79 Å². The Bertz CT molecular complexity index is 595. The molecule has 2 aromatic rings. The lowest BCUT2D eigenvalue weighted by Crippen LogP contribution is -2.09. The molecule has 0 spiro atoms. The highest BCUT2D eigenvalue weighted by Gasteiger charge is 2.09. The molecule has 2 N–H and O–H groups in total. The van der Waals surface area contributed by atoms with Crippen molar-refractivity contribution in [3.05, 3.63) is 12.5 Å². The van der Waals surface area contributed by atoms with Crippen LogP contribution >= 0.6 is 0 Å². The summed E-state index contributed by atoms with van der Waals surface area (Å²) in [4.78, 5) is 18.9. The van der Waals surface area contributed by atoms with Crippen LogP contribution in [0, 0.1) is 5.92 Å². The number of nitrogens with one attached hydrogen (secondary N) is 1. The predicted molar refractivity (Wildman–Crippen MR) is 75.4 cm³/mol. The molecule has 0 saturated carbocycles. The van der Waals surface area contributed by atoms with E-state index in [1.54, 1.807) is 10.9 Å². The first-order valence-electron chi connectivity index (χ1n) is 6.66. The highest BCUT2D eigenvalue weighted by Crippen LogP contribution is 2.18. The third kappa shape index (κ3) is 3.43. The molecule has 0 aromatic carbocycles. The maximum absolute atomic E-state index is 10.5. The first-order valence-corrected chi connectivity index (χ1v) is 6.66. The van der Waals surface area contributed by atoms with Crippen LogP contribution in [0.15, 0.2) is 12.5 Å². The van der Waals surface area contributed by atoms with Gasteiger partial charge in [-0.1, -0.05) is 6.92 Å². The van der Waals surface area contributed by atoms with Crippen LogP contribution in [0.2, 0.25) is 0 Å². The summed E-state index contributed by atoms with van der Waals surface area (Å²) in [5, 5.41) is 17.0. The monoisotopic (exact) mass is 277 g/mol. The summed E-state index contributed by atoms with van der Waals surface area (Å²) in [6, 6.07) is 0. The molecular weight excluding hydrogens is 258 g/mol. The number of fused-ring (bicyclic) bond motifs is 1. The van der Waals surface area contributed by atoms with Crippen molar-refractivity contribution in [3.8, 4) is 0 Å². The van der Waals surface area contributed by atoms with Crippen LogP contribution in [-0.2, 0) is 11.8 Å². The average Bonchev–Trinajstić information content (AvgIpc) is 2.79. The van der Waals surface area contributed by atoms with E-state index < -0.39 is 5.97 Å². The predicted octanol–water partition coefficient (Wildman–Crippen LogP) is 1.67. The van der Waals surface area contributed by atoms with Crippen LogP contribution < -0.4 is 5.32 Å². The van der Waals surface area contributed by atoms with Gasteiger partial charge in [-0.2, -0.15) is 5.10 Å². The Morgan fingerprint density at radius 3 is 3.00 bits per heavy atom. The highest BCUT2D eigenvalue weighted by atomic mass is 16.4. The summed E-state index contributed by atoms with van der Waals surface area (Å²) in [6.07, 6.45) is 5.08. The molecular formula is C13H19N5O2. The third-order valence-corrected chi connectivity index (χ3v) is 3.31. The molecule has 108 valence electrons. The number of hydrogen-bond acceptors (Lipinski definition) is 5. The Hall–Kier alpha value is -2.18. The molecule has 0 aliphatic carbocycles. The van der Waals surface area contributed by atoms with E-state index in [0.717, 1.165) is 29.8 Å². The van der Waals surface area contributed by atoms with E-state index in [2.05, 4.69) is 27.3 Å². The Labute approximate surface area is 117 Å². The molecule has 0 saturated heterocycles. The van der Waals surface area contributed by atoms with Crippen molar-refractivity contribution in [2.45, 2.75) is 26.2 Å². The normalized spacial score (nSPS) is 12.5. The molecule has 1 unspecified atom stereocenters. The van der Waals surface area contributed by atoms with Gasteiger partial charge in [-0.05, 0) is 18.8 Å². The van der Waals surface area contributed by atoms with Gasteiger partial charge in [0.25, 0.3) is 0 Å². The first-order chi connectivity index (χ1) is 9.58. The summed E-state index contributed by atoms with van der Waals surface area (Å²) >= 11 is 0. The van der Waals surface area contributed by atoms with Crippen molar-refractivity contribution in [3.63, 3.8) is 0 Å². The average molecular weight is 277 g/mol. The fourth-order valence-corrected chi connectivity index (χ4v) is 2.05. The second-order valence-electron chi connectivity index (χ2n) is 4.98. The van der Waals surface area contributed by atoms with Crippen molar-refractivity contribution in [2.24, 2.45) is 13.0 Å². The molecule has 0 radical (unpaired) electrons. The number of anilines is 1. The van der Waals surface area contributed by atoms with Gasteiger partial charge in [0, 0.05) is 20.0 Å². The molecule has 20 heavy (non-hydrogen) atoms. The Morgan fingerprint density at radius 1 is 1.45 bits per heavy atom. The molecule has 0 aliphatic heterocycles. The van der Waals surface area contributed by atoms with E-state index >= 15 is 0 Å². The van der Waals surface area contributed by atoms with E-state index in [-0.39, 0.29) is 6.42 Å². The van der Waals surface area contributed by atoms with Crippen molar-refractivity contribution in [2.75, 3.05) is 11.9 Å². The molecule has 7 nitrogen and oxygen atoms in total. The maximum Gasteiger partial charge on any atom is 0.303 e. The summed E-state index contributed by atoms with van der Waals surface area (Å²) in [6.45, 7) is 2.81. The number of carboxylic acid groups (broad SMARTS) is 1. The topological polar surface area (TPSA) is 92.9 Å². The summed E-state index contributed by atoms with van der Waals surface area (Å²) in [7, 11) is 1.84. The van der Waals surface area contributed by atoms with Crippen molar-refractivity contribution in [1.29, 1.82) is 0 Å². The molecule has 0 bridgehead atoms. The fraction of sp³-hybridized carbons (Fsp3) is 0.538. The van der Waals surface area contributed by atoms with Gasteiger partial charge < -0.3 is 10.4 Å². The van der Waals surface area contributed by atoms with Gasteiger partial charge >= 0.3 is 5.97 Å². The second-order valence-corrected chi connectivity index (χ2v) is 4.98. The minimum atomic E-state index is -0.738. The zero-order chi connectivity index (χ0) is 14.5. The molecule has 2 rings (SSSR count). The standard InChI is InChI=1S/C13H19N5O2/c1-9(3-4-11(19)20)5-6-14-12-10-7-17-18(2)13(10)16-8-15-12/h7-9H,3-6H2,1-2H3,(H,19,20)(H,14,15,16). The minimum absolute atomic E-state index is 0.224. The van der Waals surface area contributed by atoms with E-state index in [4.69, 9.17) is 5.11 Å². The lowest BCUT2D eigenvalue weighted by Gasteiger charge is -2.11. The Kier molecular flexibility index (Phi) is 4.49. The molecule has 0 fully saturated rings. The van der Waals surface area contributed by atoms with Gasteiger partial charge in [0.15, 0.2) is 5.65 Å². The lowest BCUT2D eigenvalue weighted by atomic mass is 10.0. The summed E-state index contributed by atoms with van der Waals surface area (Å²) < 4.78 is 1.71. The molecule has 0 amide bonds. The number of aliphatic carboxylic acids is 1. The maximum atomic E-state index is 10.5. The van der Waals surface area contributed by atoms with E-state index in [1.807, 2.05) is 7.05 Å². The van der Waals surface area contributed by atoms with Crippen molar-refractivity contribution >= 4 is 22.8 Å². The Morgan fingerprint density at radius 2 is 2.25 bits per heavy atom. The highest BCUT2D eigenvalue weighted by molar-refractivity contribution is 5.85. The zero-order valence-corrected chi connectivity index (χ0v) is 11.7. The smallest absolute Gasteiger partial charge is 0.303 e. The van der Waals surface area contributed by atoms with Crippen molar-refractivity contribution in [1.82, 2.24) is 19.7 Å². The summed E-state index contributed by atoms with van der Waals surface area (Å²) in [5.41, 5.74) is 0.793. The minimum Gasteiger partial charge on any atom is -0.481 e. The van der Waals surface area contributed by atoms with Gasteiger partial charge in [-0.3, -0.25) is 9.48 Å². The van der Waals surface area contributed by atoms with Gasteiger partial charge in [0.1, 0.15) is 12.1 Å². The number of nitrogens with zero attached hydrogens (tertiary/aromatic N) is 4. The number of aryl methyl sites for hydroxylation is 1. The first kappa shape index (κ1) is 14.2. The SMILES string of the molecule is CC(CCNc1ncnc2c1cnn2C)CCC(=O)O. The van der Waals surface area contributed by atoms with Crippen LogP contribution in [-0.4, -0.2) is 37.4 Å². The van der Waals surface area contributed by atoms with Gasteiger partial charge in [0.05, 0.1) is 11.6 Å². The lowest BCUT2D eigenvalue weighted by molar-refractivity contribution is -0.137. The van der Waals surface area contributed by atoms with E-state index in [0.29, 0.717) is 12.3 Å². The Balaban J connectivity index is 1.88. The number of carboxylic acids is 1. The zero-order valence-electron chi connectivity index (χ0n) is 11.7. The molecule has 7 heteroatoms. The largest absolute Gasteiger partial charge is 0.481 e. The number of hydrogen-bond donors (Lipinski definition) is 2. The van der Waals surface area contributed by atoms with Crippen LogP contribution in [0.5, 0.6) is 0 Å². The number of aromatic nitrogens is 4. The number of rotatable bonds is 7. The van der Waals surface area contributed by atoms with Crippen LogP contribution in [0.4, 0.5) is 5.82 Å². The summed E-state index contributed by atoms with van der Waals surface area (Å²) in [5.74, 6) is 0.399. The van der Waals surface area contributed by atoms with Gasteiger partial charge in [-0.25, -0.2) is 9.97 Å². The van der Waals surface area contributed by atoms with E-state index in [1.165, 1.54) is 6.33 Å².